The molecular weight excluding hydrogens is 302 g/mol. The molecule has 0 spiro atoms. The van der Waals surface area contributed by atoms with Gasteiger partial charge in [-0.25, -0.2) is 0 Å². The summed E-state index contributed by atoms with van der Waals surface area (Å²) in [6.45, 7) is 5.17. The number of carbonyl (C=O) groups excluding carboxylic acids is 1. The molecule has 4 heteroatoms. The number of hydrogen-bond acceptors (Lipinski definition) is 3. The fraction of sp³-hybridized carbons (Fsp3) is 0.250. The zero-order chi connectivity index (χ0) is 17.2. The Morgan fingerprint density at radius 1 is 1.00 bits per heavy atom. The highest BCUT2D eigenvalue weighted by molar-refractivity contribution is 6.02. The van der Waals surface area contributed by atoms with Gasteiger partial charge in [-0.3, -0.25) is 4.79 Å². The first-order valence-corrected chi connectivity index (χ1v) is 8.17. The molecule has 0 aliphatic rings. The fourth-order valence-electron chi connectivity index (χ4n) is 2.15. The van der Waals surface area contributed by atoms with Gasteiger partial charge in [0.05, 0.1) is 18.9 Å². The maximum Gasteiger partial charge on any atom is 0.248 e. The quantitative estimate of drug-likeness (QED) is 0.726. The van der Waals surface area contributed by atoms with Crippen molar-refractivity contribution >= 4 is 17.7 Å². The Morgan fingerprint density at radius 2 is 1.71 bits per heavy atom. The van der Waals surface area contributed by atoms with Crippen molar-refractivity contribution in [2.75, 3.05) is 18.5 Å². The summed E-state index contributed by atoms with van der Waals surface area (Å²) in [5, 5.41) is 2.85. The van der Waals surface area contributed by atoms with E-state index >= 15 is 0 Å². The van der Waals surface area contributed by atoms with E-state index in [4.69, 9.17) is 9.47 Å². The standard InChI is InChI=1S/C20H23NO3/c1-3-15-24-19-12-8-6-10-17(19)21-20(22)14-13-16-9-5-7-11-18(16)23-4-2/h5-14H,3-4,15H2,1-2H3,(H,21,22)/b14-13+. The van der Waals surface area contributed by atoms with E-state index in [1.807, 2.05) is 62.4 Å². The molecule has 0 unspecified atom stereocenters. The van der Waals surface area contributed by atoms with E-state index < -0.39 is 0 Å². The Hall–Kier alpha value is -2.75. The molecule has 0 aliphatic carbocycles. The lowest BCUT2D eigenvalue weighted by Gasteiger charge is -2.10. The highest BCUT2D eigenvalue weighted by Gasteiger charge is 2.05. The van der Waals surface area contributed by atoms with Gasteiger partial charge in [0.1, 0.15) is 11.5 Å². The maximum atomic E-state index is 12.2. The molecule has 0 aliphatic heterocycles. The average Bonchev–Trinajstić information content (AvgIpc) is 2.60. The number of rotatable bonds is 8. The van der Waals surface area contributed by atoms with Gasteiger partial charge in [-0.15, -0.1) is 0 Å². The van der Waals surface area contributed by atoms with Crippen molar-refractivity contribution < 1.29 is 14.3 Å². The van der Waals surface area contributed by atoms with Crippen LogP contribution in [0.1, 0.15) is 25.8 Å². The SMILES string of the molecule is CCCOc1ccccc1NC(=O)/C=C/c1ccccc1OCC. The minimum atomic E-state index is -0.214. The van der Waals surface area contributed by atoms with Gasteiger partial charge in [0.2, 0.25) is 5.91 Å². The third-order valence-corrected chi connectivity index (χ3v) is 3.24. The van der Waals surface area contributed by atoms with Crippen LogP contribution in [-0.2, 0) is 4.79 Å². The minimum Gasteiger partial charge on any atom is -0.493 e. The van der Waals surface area contributed by atoms with Crippen LogP contribution in [0.2, 0.25) is 0 Å². The van der Waals surface area contributed by atoms with Gasteiger partial charge >= 0.3 is 0 Å². The summed E-state index contributed by atoms with van der Waals surface area (Å²) < 4.78 is 11.2. The van der Waals surface area contributed by atoms with Crippen molar-refractivity contribution in [3.8, 4) is 11.5 Å². The van der Waals surface area contributed by atoms with Crippen LogP contribution in [0.15, 0.2) is 54.6 Å². The number of hydrogen-bond donors (Lipinski definition) is 1. The number of carbonyl (C=O) groups is 1. The van der Waals surface area contributed by atoms with Crippen LogP contribution >= 0.6 is 0 Å². The first-order chi connectivity index (χ1) is 11.7. The molecule has 0 bridgehead atoms. The predicted octanol–water partition coefficient (Wildman–Crippen LogP) is 4.53. The van der Waals surface area contributed by atoms with Gasteiger partial charge in [-0.05, 0) is 37.6 Å². The molecule has 2 aromatic carbocycles. The fourth-order valence-corrected chi connectivity index (χ4v) is 2.15. The topological polar surface area (TPSA) is 47.6 Å². The Balaban J connectivity index is 2.06. The molecule has 24 heavy (non-hydrogen) atoms. The molecule has 0 radical (unpaired) electrons. The first-order valence-electron chi connectivity index (χ1n) is 8.17. The first kappa shape index (κ1) is 17.6. The lowest BCUT2D eigenvalue weighted by Crippen LogP contribution is -2.09. The molecule has 1 amide bonds. The normalized spacial score (nSPS) is 10.6. The third-order valence-electron chi connectivity index (χ3n) is 3.24. The minimum absolute atomic E-state index is 0.214. The van der Waals surface area contributed by atoms with Gasteiger partial charge in [0.15, 0.2) is 0 Å². The monoisotopic (exact) mass is 325 g/mol. The van der Waals surface area contributed by atoms with Crippen LogP contribution in [-0.4, -0.2) is 19.1 Å². The van der Waals surface area contributed by atoms with Crippen LogP contribution in [0.25, 0.3) is 6.08 Å². The number of anilines is 1. The maximum absolute atomic E-state index is 12.2. The van der Waals surface area contributed by atoms with Crippen molar-refractivity contribution in [1.29, 1.82) is 0 Å². The summed E-state index contributed by atoms with van der Waals surface area (Å²) in [5.74, 6) is 1.22. The molecule has 0 fully saturated rings. The van der Waals surface area contributed by atoms with Gasteiger partial charge in [0.25, 0.3) is 0 Å². The number of ether oxygens (including phenoxy) is 2. The van der Waals surface area contributed by atoms with Crippen molar-refractivity contribution in [1.82, 2.24) is 0 Å². The summed E-state index contributed by atoms with van der Waals surface area (Å²) >= 11 is 0. The highest BCUT2D eigenvalue weighted by atomic mass is 16.5. The second-order valence-corrected chi connectivity index (χ2v) is 5.14. The molecule has 2 rings (SSSR count). The Bertz CT molecular complexity index is 695. The summed E-state index contributed by atoms with van der Waals surface area (Å²) in [6.07, 6.45) is 4.15. The molecular formula is C20H23NO3. The van der Waals surface area contributed by atoms with Crippen LogP contribution < -0.4 is 14.8 Å². The van der Waals surface area contributed by atoms with Crippen molar-refractivity contribution in [3.63, 3.8) is 0 Å². The lowest BCUT2D eigenvalue weighted by atomic mass is 10.2. The van der Waals surface area contributed by atoms with Crippen LogP contribution in [0.3, 0.4) is 0 Å². The Kier molecular flexibility index (Phi) is 6.90. The summed E-state index contributed by atoms with van der Waals surface area (Å²) in [7, 11) is 0. The van der Waals surface area contributed by atoms with Crippen molar-refractivity contribution in [3.05, 3.63) is 60.2 Å². The molecule has 0 saturated carbocycles. The second kappa shape index (κ2) is 9.40. The molecule has 0 saturated heterocycles. The number of amides is 1. The molecule has 0 heterocycles. The molecule has 1 N–H and O–H groups in total. The summed E-state index contributed by atoms with van der Waals surface area (Å²) in [5.41, 5.74) is 1.53. The smallest absolute Gasteiger partial charge is 0.248 e. The number of nitrogens with one attached hydrogen (secondary N) is 1. The Morgan fingerprint density at radius 3 is 2.46 bits per heavy atom. The van der Waals surface area contributed by atoms with Crippen LogP contribution in [0.4, 0.5) is 5.69 Å². The third kappa shape index (κ3) is 5.16. The second-order valence-electron chi connectivity index (χ2n) is 5.14. The molecule has 0 atom stereocenters. The van der Waals surface area contributed by atoms with E-state index in [9.17, 15) is 4.79 Å². The number of para-hydroxylation sites is 3. The van der Waals surface area contributed by atoms with E-state index in [2.05, 4.69) is 5.32 Å². The molecule has 0 aromatic heterocycles. The van der Waals surface area contributed by atoms with Crippen LogP contribution in [0.5, 0.6) is 11.5 Å². The van der Waals surface area contributed by atoms with Gasteiger partial charge in [0, 0.05) is 11.6 Å². The van der Waals surface area contributed by atoms with Crippen molar-refractivity contribution in [2.24, 2.45) is 0 Å². The zero-order valence-corrected chi connectivity index (χ0v) is 14.1. The van der Waals surface area contributed by atoms with Crippen molar-refractivity contribution in [2.45, 2.75) is 20.3 Å². The van der Waals surface area contributed by atoms with E-state index in [1.54, 1.807) is 6.08 Å². The van der Waals surface area contributed by atoms with Gasteiger partial charge in [-0.2, -0.15) is 0 Å². The van der Waals surface area contributed by atoms with E-state index in [0.717, 1.165) is 17.7 Å². The van der Waals surface area contributed by atoms with Crippen LogP contribution in [0, 0.1) is 0 Å². The van der Waals surface area contributed by atoms with E-state index in [-0.39, 0.29) is 5.91 Å². The lowest BCUT2D eigenvalue weighted by molar-refractivity contribution is -0.111. The summed E-state index contributed by atoms with van der Waals surface area (Å²) in [4.78, 5) is 12.2. The predicted molar refractivity (Wildman–Crippen MR) is 97.5 cm³/mol. The highest BCUT2D eigenvalue weighted by Crippen LogP contribution is 2.24. The van der Waals surface area contributed by atoms with Gasteiger partial charge in [-0.1, -0.05) is 37.3 Å². The van der Waals surface area contributed by atoms with E-state index in [1.165, 1.54) is 6.08 Å². The zero-order valence-electron chi connectivity index (χ0n) is 14.1. The largest absolute Gasteiger partial charge is 0.493 e. The average molecular weight is 325 g/mol. The molecule has 126 valence electrons. The molecule has 2 aromatic rings. The Labute approximate surface area is 143 Å². The van der Waals surface area contributed by atoms with E-state index in [0.29, 0.717) is 24.7 Å². The molecule has 4 nitrogen and oxygen atoms in total. The number of benzene rings is 2. The van der Waals surface area contributed by atoms with Gasteiger partial charge < -0.3 is 14.8 Å². The summed E-state index contributed by atoms with van der Waals surface area (Å²) in [6, 6.07) is 15.0.